The third kappa shape index (κ3) is 4.22. The lowest BCUT2D eigenvalue weighted by Gasteiger charge is -2.16. The highest BCUT2D eigenvalue weighted by molar-refractivity contribution is 7.92. The molecule has 0 spiro atoms. The van der Waals surface area contributed by atoms with Crippen LogP contribution in [0.3, 0.4) is 0 Å². The van der Waals surface area contributed by atoms with Gasteiger partial charge >= 0.3 is 0 Å². The van der Waals surface area contributed by atoms with E-state index in [2.05, 4.69) is 4.72 Å². The second-order valence-electron chi connectivity index (χ2n) is 7.02. The molecule has 1 fully saturated rings. The van der Waals surface area contributed by atoms with Crippen molar-refractivity contribution in [1.82, 2.24) is 4.31 Å². The number of nitrogens with one attached hydrogen (secondary N) is 1. The third-order valence-corrected chi connectivity index (χ3v) is 8.53. The van der Waals surface area contributed by atoms with Gasteiger partial charge in [-0.15, -0.1) is 0 Å². The van der Waals surface area contributed by atoms with Gasteiger partial charge in [0.25, 0.3) is 10.0 Å². The molecular weight excluding hydrogens is 452 g/mol. The van der Waals surface area contributed by atoms with Gasteiger partial charge in [0, 0.05) is 31.6 Å². The Bertz CT molecular complexity index is 1140. The van der Waals surface area contributed by atoms with Crippen LogP contribution in [0.1, 0.15) is 19.3 Å². The van der Waals surface area contributed by atoms with Crippen molar-refractivity contribution in [3.8, 4) is 11.5 Å². The predicted octanol–water partition coefficient (Wildman–Crippen LogP) is 3.09. The van der Waals surface area contributed by atoms with Crippen molar-refractivity contribution in [2.75, 3.05) is 31.0 Å². The number of sulfonamides is 2. The molecule has 0 unspecified atom stereocenters. The minimum Gasteiger partial charge on any atom is -0.490 e. The van der Waals surface area contributed by atoms with Gasteiger partial charge in [0.15, 0.2) is 11.5 Å². The van der Waals surface area contributed by atoms with Crippen molar-refractivity contribution in [2.45, 2.75) is 29.1 Å². The summed E-state index contributed by atoms with van der Waals surface area (Å²) in [6.07, 6.45) is 2.36. The van der Waals surface area contributed by atoms with Crippen LogP contribution in [0.15, 0.2) is 46.2 Å². The van der Waals surface area contributed by atoms with Gasteiger partial charge in [0.1, 0.15) is 0 Å². The molecule has 0 aliphatic carbocycles. The minimum absolute atomic E-state index is 0.0666. The summed E-state index contributed by atoms with van der Waals surface area (Å²) >= 11 is 6.22. The van der Waals surface area contributed by atoms with E-state index < -0.39 is 20.0 Å². The molecule has 0 saturated carbocycles. The molecule has 30 heavy (non-hydrogen) atoms. The fourth-order valence-corrected chi connectivity index (χ4v) is 6.18. The average Bonchev–Trinajstić information content (AvgIpc) is 3.17. The van der Waals surface area contributed by atoms with Crippen LogP contribution in [0.4, 0.5) is 5.69 Å². The summed E-state index contributed by atoms with van der Waals surface area (Å²) in [7, 11) is -7.61. The Morgan fingerprint density at radius 1 is 0.833 bits per heavy atom. The Balaban J connectivity index is 1.58. The predicted molar refractivity (Wildman–Crippen MR) is 112 cm³/mol. The van der Waals surface area contributed by atoms with Crippen LogP contribution < -0.4 is 14.2 Å². The molecule has 2 aliphatic heterocycles. The molecule has 1 saturated heterocycles. The molecule has 11 heteroatoms. The van der Waals surface area contributed by atoms with Crippen LogP contribution in [0.25, 0.3) is 0 Å². The monoisotopic (exact) mass is 472 g/mol. The molecule has 0 bridgehead atoms. The summed E-state index contributed by atoms with van der Waals surface area (Å²) in [5, 5.41) is 0.163. The Hall–Kier alpha value is -2.01. The molecule has 2 aliphatic rings. The zero-order valence-electron chi connectivity index (χ0n) is 16.0. The van der Waals surface area contributed by atoms with Gasteiger partial charge < -0.3 is 9.47 Å². The highest BCUT2D eigenvalue weighted by Gasteiger charge is 2.28. The number of hydrogen-bond acceptors (Lipinski definition) is 6. The molecule has 0 atom stereocenters. The molecular formula is C19H21ClN2O6S2. The van der Waals surface area contributed by atoms with Crippen LogP contribution in [0, 0.1) is 0 Å². The average molecular weight is 473 g/mol. The first-order valence-corrected chi connectivity index (χ1v) is 12.8. The van der Waals surface area contributed by atoms with Gasteiger partial charge in [-0.3, -0.25) is 4.72 Å². The maximum atomic E-state index is 12.8. The molecule has 2 aromatic rings. The summed E-state index contributed by atoms with van der Waals surface area (Å²) in [6.45, 7) is 1.90. The number of fused-ring (bicyclic) bond motifs is 1. The summed E-state index contributed by atoms with van der Waals surface area (Å²) < 4.78 is 65.8. The van der Waals surface area contributed by atoms with Crippen molar-refractivity contribution in [1.29, 1.82) is 0 Å². The highest BCUT2D eigenvalue weighted by Crippen LogP contribution is 2.38. The van der Waals surface area contributed by atoms with Crippen molar-refractivity contribution in [3.63, 3.8) is 0 Å². The van der Waals surface area contributed by atoms with E-state index in [1.54, 1.807) is 0 Å². The topological polar surface area (TPSA) is 102 Å². The second-order valence-corrected chi connectivity index (χ2v) is 11.0. The fourth-order valence-electron chi connectivity index (χ4n) is 3.33. The van der Waals surface area contributed by atoms with E-state index in [4.69, 9.17) is 21.1 Å². The first-order valence-electron chi connectivity index (χ1n) is 9.49. The summed E-state index contributed by atoms with van der Waals surface area (Å²) in [5.41, 5.74) is 0.148. The molecule has 0 radical (unpaired) electrons. The lowest BCUT2D eigenvalue weighted by molar-refractivity contribution is 0.297. The van der Waals surface area contributed by atoms with Crippen molar-refractivity contribution >= 4 is 37.3 Å². The standard InChI is InChI=1S/C19H21ClN2O6S2/c20-16-12-18-19(28-11-3-10-27-18)13-17(16)21-29(23,24)14-4-6-15(7-5-14)30(25,26)22-8-1-2-9-22/h4-7,12-13,21H,1-3,8-11H2. The van der Waals surface area contributed by atoms with Gasteiger partial charge in [-0.1, -0.05) is 11.6 Å². The van der Waals surface area contributed by atoms with Gasteiger partial charge in [-0.05, 0) is 37.1 Å². The minimum atomic E-state index is -3.99. The van der Waals surface area contributed by atoms with E-state index in [0.29, 0.717) is 44.2 Å². The molecule has 4 rings (SSSR count). The molecule has 162 valence electrons. The van der Waals surface area contributed by atoms with Crippen LogP contribution in [-0.4, -0.2) is 47.4 Å². The summed E-state index contributed by atoms with van der Waals surface area (Å²) in [6, 6.07) is 8.12. The number of anilines is 1. The second kappa shape index (κ2) is 8.26. The Morgan fingerprint density at radius 3 is 2.03 bits per heavy atom. The number of hydrogen-bond donors (Lipinski definition) is 1. The summed E-state index contributed by atoms with van der Waals surface area (Å²) in [4.78, 5) is -0.0111. The SMILES string of the molecule is O=S(=O)(Nc1cc2c(cc1Cl)OCCCO2)c1ccc(S(=O)(=O)N2CCCC2)cc1. The first-order chi connectivity index (χ1) is 14.3. The number of benzene rings is 2. The lowest BCUT2D eigenvalue weighted by Crippen LogP contribution is -2.27. The fraction of sp³-hybridized carbons (Fsp3) is 0.368. The third-order valence-electron chi connectivity index (χ3n) is 4.92. The number of rotatable bonds is 5. The van der Waals surface area contributed by atoms with Gasteiger partial charge in [-0.2, -0.15) is 4.31 Å². The highest BCUT2D eigenvalue weighted by atomic mass is 35.5. The first kappa shape index (κ1) is 21.2. The van der Waals surface area contributed by atoms with Crippen molar-refractivity contribution in [2.24, 2.45) is 0 Å². The largest absolute Gasteiger partial charge is 0.490 e. The maximum absolute atomic E-state index is 12.8. The lowest BCUT2D eigenvalue weighted by atomic mass is 10.3. The zero-order chi connectivity index (χ0) is 21.4. The molecule has 1 N–H and O–H groups in total. The van der Waals surface area contributed by atoms with Crippen molar-refractivity contribution in [3.05, 3.63) is 41.4 Å². The molecule has 2 heterocycles. The molecule has 0 aromatic heterocycles. The van der Waals surface area contributed by atoms with E-state index >= 15 is 0 Å². The normalized spacial score (nSPS) is 17.5. The van der Waals surface area contributed by atoms with E-state index in [1.165, 1.54) is 40.7 Å². The Morgan fingerprint density at radius 2 is 1.40 bits per heavy atom. The number of nitrogens with zero attached hydrogens (tertiary/aromatic N) is 1. The van der Waals surface area contributed by atoms with Crippen molar-refractivity contribution < 1.29 is 26.3 Å². The molecule has 8 nitrogen and oxygen atoms in total. The smallest absolute Gasteiger partial charge is 0.261 e. The van der Waals surface area contributed by atoms with Gasteiger partial charge in [0.2, 0.25) is 10.0 Å². The Labute approximate surface area is 180 Å². The molecule has 2 aromatic carbocycles. The number of ether oxygens (including phenoxy) is 2. The van der Waals surface area contributed by atoms with Crippen LogP contribution >= 0.6 is 11.6 Å². The molecule has 0 amide bonds. The van der Waals surface area contributed by atoms with E-state index in [1.807, 2.05) is 0 Å². The van der Waals surface area contributed by atoms with E-state index in [0.717, 1.165) is 12.8 Å². The Kier molecular flexibility index (Phi) is 5.84. The zero-order valence-corrected chi connectivity index (χ0v) is 18.4. The van der Waals surface area contributed by atoms with Crippen LogP contribution in [-0.2, 0) is 20.0 Å². The van der Waals surface area contributed by atoms with E-state index in [-0.39, 0.29) is 20.5 Å². The van der Waals surface area contributed by atoms with E-state index in [9.17, 15) is 16.8 Å². The van der Waals surface area contributed by atoms with Crippen LogP contribution in [0.2, 0.25) is 5.02 Å². The van der Waals surface area contributed by atoms with Gasteiger partial charge in [0.05, 0.1) is 33.7 Å². The number of halogens is 1. The maximum Gasteiger partial charge on any atom is 0.261 e. The van der Waals surface area contributed by atoms with Crippen LogP contribution in [0.5, 0.6) is 11.5 Å². The quantitative estimate of drug-likeness (QED) is 0.717. The summed E-state index contributed by atoms with van der Waals surface area (Å²) in [5.74, 6) is 0.860. The van der Waals surface area contributed by atoms with Gasteiger partial charge in [-0.25, -0.2) is 16.8 Å².